The summed E-state index contributed by atoms with van der Waals surface area (Å²) in [5.41, 5.74) is 0.984. The molecule has 5 nitrogen and oxygen atoms in total. The van der Waals surface area contributed by atoms with Gasteiger partial charge in [-0.2, -0.15) is 0 Å². The summed E-state index contributed by atoms with van der Waals surface area (Å²) >= 11 is 0. The highest BCUT2D eigenvalue weighted by Crippen LogP contribution is 2.29. The second-order valence-corrected chi connectivity index (χ2v) is 4.91. The van der Waals surface area contributed by atoms with Crippen LogP contribution in [0.15, 0.2) is 24.3 Å². The molecule has 2 fully saturated rings. The van der Waals surface area contributed by atoms with Crippen molar-refractivity contribution in [3.63, 3.8) is 0 Å². The van der Waals surface area contributed by atoms with Gasteiger partial charge in [-0.15, -0.1) is 0 Å². The predicted octanol–water partition coefficient (Wildman–Crippen LogP) is 0.900. The number of hydrogen-bond donors (Lipinski definition) is 0. The maximum Gasteiger partial charge on any atom is 0.329 e. The van der Waals surface area contributed by atoms with E-state index in [-0.39, 0.29) is 24.6 Å². The molecule has 100 valence electrons. The molecular formula is C14H15NO4. The number of rotatable bonds is 3. The lowest BCUT2D eigenvalue weighted by molar-refractivity contribution is -0.157. The van der Waals surface area contributed by atoms with Gasteiger partial charge >= 0.3 is 5.97 Å². The lowest BCUT2D eigenvalue weighted by atomic mass is 10.2. The molecular weight excluding hydrogens is 246 g/mol. The number of carbonyl (C=O) groups is 2. The number of carbonyl (C=O) groups excluding carboxylic acids is 2. The van der Waals surface area contributed by atoms with Gasteiger partial charge in [0.1, 0.15) is 17.9 Å². The summed E-state index contributed by atoms with van der Waals surface area (Å²) < 4.78 is 10.6. The van der Waals surface area contributed by atoms with Crippen molar-refractivity contribution in [2.75, 3.05) is 13.2 Å². The lowest BCUT2D eigenvalue weighted by Crippen LogP contribution is -2.46. The minimum absolute atomic E-state index is 0.0403. The van der Waals surface area contributed by atoms with Crippen LogP contribution >= 0.6 is 0 Å². The first-order valence-electron chi connectivity index (χ1n) is 6.33. The highest BCUT2D eigenvalue weighted by atomic mass is 16.6. The summed E-state index contributed by atoms with van der Waals surface area (Å²) in [6.07, 6.45) is 0.495. The zero-order valence-corrected chi connectivity index (χ0v) is 10.7. The van der Waals surface area contributed by atoms with E-state index in [1.807, 2.05) is 31.2 Å². The van der Waals surface area contributed by atoms with E-state index in [0.717, 1.165) is 5.56 Å². The molecule has 0 N–H and O–H groups in total. The number of aryl methyl sites for hydroxylation is 1. The molecule has 2 saturated heterocycles. The predicted molar refractivity (Wildman–Crippen MR) is 66.7 cm³/mol. The molecule has 19 heavy (non-hydrogen) atoms. The molecule has 1 aromatic carbocycles. The van der Waals surface area contributed by atoms with Gasteiger partial charge in [-0.25, -0.2) is 4.79 Å². The van der Waals surface area contributed by atoms with E-state index in [1.54, 1.807) is 4.90 Å². The fraction of sp³-hybridized carbons (Fsp3) is 0.429. The molecule has 1 aromatic rings. The number of ether oxygens (including phenoxy) is 2. The number of fused-ring (bicyclic) bond motifs is 2. The zero-order chi connectivity index (χ0) is 13.4. The molecule has 1 amide bonds. The lowest BCUT2D eigenvalue weighted by Gasteiger charge is -2.25. The smallest absolute Gasteiger partial charge is 0.329 e. The topological polar surface area (TPSA) is 55.8 Å². The van der Waals surface area contributed by atoms with Crippen LogP contribution in [0.1, 0.15) is 12.0 Å². The van der Waals surface area contributed by atoms with Crippen LogP contribution in [0, 0.1) is 6.92 Å². The molecule has 2 bridgehead atoms. The molecule has 0 aromatic heterocycles. The summed E-state index contributed by atoms with van der Waals surface area (Å²) in [4.78, 5) is 25.0. The fourth-order valence-corrected chi connectivity index (χ4v) is 2.57. The molecule has 5 heteroatoms. The van der Waals surface area contributed by atoms with E-state index in [2.05, 4.69) is 0 Å². The average molecular weight is 261 g/mol. The van der Waals surface area contributed by atoms with E-state index in [1.165, 1.54) is 0 Å². The van der Waals surface area contributed by atoms with Gasteiger partial charge < -0.3 is 14.4 Å². The Morgan fingerprint density at radius 3 is 2.95 bits per heavy atom. The van der Waals surface area contributed by atoms with Crippen LogP contribution in [0.4, 0.5) is 0 Å². The van der Waals surface area contributed by atoms with Crippen molar-refractivity contribution in [2.45, 2.75) is 25.5 Å². The Morgan fingerprint density at radius 1 is 1.47 bits per heavy atom. The molecule has 2 aliphatic rings. The standard InChI is InChI=1S/C14H15NO4/c1-9-4-2-3-5-12(9)18-8-13(16)15-7-10-6-11(15)14(17)19-10/h2-5,10-11H,6-8H2,1H3/t10-,11+/m1/s1. The van der Waals surface area contributed by atoms with Crippen LogP contribution in [0.3, 0.4) is 0 Å². The summed E-state index contributed by atoms with van der Waals surface area (Å²) in [7, 11) is 0. The number of morpholine rings is 1. The SMILES string of the molecule is Cc1ccccc1OCC(=O)N1C[C@H]2C[C@H]1C(=O)O2. The van der Waals surface area contributed by atoms with Gasteiger partial charge in [0, 0.05) is 6.42 Å². The zero-order valence-electron chi connectivity index (χ0n) is 10.7. The van der Waals surface area contributed by atoms with Gasteiger partial charge in [0.2, 0.25) is 0 Å². The van der Waals surface area contributed by atoms with Crippen molar-refractivity contribution < 1.29 is 19.1 Å². The molecule has 3 rings (SSSR count). The molecule has 0 spiro atoms. The number of nitrogens with zero attached hydrogens (tertiary/aromatic N) is 1. The van der Waals surface area contributed by atoms with Gasteiger partial charge in [0.05, 0.1) is 6.54 Å². The second kappa shape index (κ2) is 4.57. The van der Waals surface area contributed by atoms with Gasteiger partial charge in [-0.1, -0.05) is 18.2 Å². The average Bonchev–Trinajstić information content (AvgIpc) is 2.96. The minimum atomic E-state index is -0.405. The van der Waals surface area contributed by atoms with Gasteiger partial charge in [0.15, 0.2) is 6.61 Å². The molecule has 2 heterocycles. The van der Waals surface area contributed by atoms with Crippen LogP contribution in [-0.2, 0) is 14.3 Å². The maximum absolute atomic E-state index is 12.1. The van der Waals surface area contributed by atoms with E-state index < -0.39 is 6.04 Å². The second-order valence-electron chi connectivity index (χ2n) is 4.91. The van der Waals surface area contributed by atoms with Crippen LogP contribution in [0.2, 0.25) is 0 Å². The largest absolute Gasteiger partial charge is 0.484 e. The summed E-state index contributed by atoms with van der Waals surface area (Å²) in [6, 6.07) is 7.13. The Bertz CT molecular complexity index is 528. The molecule has 2 atom stereocenters. The number of esters is 1. The van der Waals surface area contributed by atoms with E-state index >= 15 is 0 Å². The van der Waals surface area contributed by atoms with Crippen LogP contribution < -0.4 is 4.74 Å². The highest BCUT2D eigenvalue weighted by molar-refractivity contribution is 5.88. The van der Waals surface area contributed by atoms with Crippen molar-refractivity contribution in [3.8, 4) is 5.75 Å². The molecule has 0 radical (unpaired) electrons. The van der Waals surface area contributed by atoms with Gasteiger partial charge in [-0.3, -0.25) is 4.79 Å². The molecule has 0 saturated carbocycles. The van der Waals surface area contributed by atoms with Crippen molar-refractivity contribution in [1.29, 1.82) is 0 Å². The maximum atomic E-state index is 12.1. The summed E-state index contributed by atoms with van der Waals surface area (Å²) in [5.74, 6) is 0.246. The third-order valence-electron chi connectivity index (χ3n) is 3.58. The number of benzene rings is 1. The normalized spacial score (nSPS) is 24.5. The third kappa shape index (κ3) is 2.16. The van der Waals surface area contributed by atoms with Gasteiger partial charge in [-0.05, 0) is 18.6 Å². The Morgan fingerprint density at radius 2 is 2.26 bits per heavy atom. The Labute approximate surface area is 111 Å². The first kappa shape index (κ1) is 12.0. The van der Waals surface area contributed by atoms with Crippen LogP contribution in [0.25, 0.3) is 0 Å². The first-order valence-corrected chi connectivity index (χ1v) is 6.33. The van der Waals surface area contributed by atoms with E-state index in [4.69, 9.17) is 9.47 Å². The number of hydrogen-bond acceptors (Lipinski definition) is 4. The number of amides is 1. The summed E-state index contributed by atoms with van der Waals surface area (Å²) in [6.45, 7) is 2.38. The molecule has 0 aliphatic carbocycles. The fourth-order valence-electron chi connectivity index (χ4n) is 2.57. The summed E-state index contributed by atoms with van der Waals surface area (Å²) in [5, 5.41) is 0. The van der Waals surface area contributed by atoms with Crippen molar-refractivity contribution in [1.82, 2.24) is 4.90 Å². The monoisotopic (exact) mass is 261 g/mol. The number of likely N-dealkylation sites (tertiary alicyclic amines) is 1. The third-order valence-corrected chi connectivity index (χ3v) is 3.58. The molecule has 0 unspecified atom stereocenters. The Hall–Kier alpha value is -2.04. The van der Waals surface area contributed by atoms with Gasteiger partial charge in [0.25, 0.3) is 5.91 Å². The first-order chi connectivity index (χ1) is 9.15. The van der Waals surface area contributed by atoms with E-state index in [9.17, 15) is 9.59 Å². The number of para-hydroxylation sites is 1. The van der Waals surface area contributed by atoms with Crippen molar-refractivity contribution in [3.05, 3.63) is 29.8 Å². The van der Waals surface area contributed by atoms with Crippen molar-refractivity contribution in [2.24, 2.45) is 0 Å². The molecule has 2 aliphatic heterocycles. The Kier molecular flexibility index (Phi) is 2.89. The Balaban J connectivity index is 1.61. The van der Waals surface area contributed by atoms with E-state index in [0.29, 0.717) is 18.7 Å². The highest BCUT2D eigenvalue weighted by Gasteiger charge is 2.48. The van der Waals surface area contributed by atoms with Crippen LogP contribution in [-0.4, -0.2) is 42.1 Å². The minimum Gasteiger partial charge on any atom is -0.484 e. The van der Waals surface area contributed by atoms with Crippen molar-refractivity contribution >= 4 is 11.9 Å². The quantitative estimate of drug-likeness (QED) is 0.759. The van der Waals surface area contributed by atoms with Crippen LogP contribution in [0.5, 0.6) is 5.75 Å².